The normalized spacial score (nSPS) is 18.1. The number of carbonyl (C=O) groups excluding carboxylic acids is 1. The topological polar surface area (TPSA) is 58.1 Å². The Bertz CT molecular complexity index is 768. The number of nitrogens with zero attached hydrogens (tertiary/aromatic N) is 3. The molecule has 24 heavy (non-hydrogen) atoms. The smallest absolute Gasteiger partial charge is 0.342 e. The van der Waals surface area contributed by atoms with E-state index in [0.717, 1.165) is 12.3 Å². The summed E-state index contributed by atoms with van der Waals surface area (Å²) in [6.07, 6.45) is -3.14. The molecule has 2 heterocycles. The first-order valence-corrected chi connectivity index (χ1v) is 7.46. The van der Waals surface area contributed by atoms with Gasteiger partial charge >= 0.3 is 6.18 Å². The van der Waals surface area contributed by atoms with Crippen molar-refractivity contribution in [3.63, 3.8) is 0 Å². The van der Waals surface area contributed by atoms with Crippen LogP contribution in [0.4, 0.5) is 24.8 Å². The maximum atomic E-state index is 12.7. The molecule has 126 valence electrons. The summed E-state index contributed by atoms with van der Waals surface area (Å²) < 4.78 is 38.0. The number of hydrogen-bond donors (Lipinski definition) is 1. The van der Waals surface area contributed by atoms with E-state index in [9.17, 15) is 18.0 Å². The van der Waals surface area contributed by atoms with E-state index in [2.05, 4.69) is 15.3 Å². The van der Waals surface area contributed by atoms with Crippen molar-refractivity contribution in [3.8, 4) is 0 Å². The van der Waals surface area contributed by atoms with Gasteiger partial charge in [0, 0.05) is 23.5 Å². The van der Waals surface area contributed by atoms with E-state index in [1.165, 1.54) is 4.90 Å². The zero-order chi connectivity index (χ0) is 17.3. The van der Waals surface area contributed by atoms with Gasteiger partial charge < -0.3 is 10.2 Å². The Morgan fingerprint density at radius 1 is 1.29 bits per heavy atom. The molecule has 1 N–H and O–H groups in total. The van der Waals surface area contributed by atoms with Crippen molar-refractivity contribution in [2.45, 2.75) is 18.6 Å². The Kier molecular flexibility index (Phi) is 4.31. The summed E-state index contributed by atoms with van der Waals surface area (Å²) in [7, 11) is 0. The molecule has 9 heteroatoms. The highest BCUT2D eigenvalue weighted by Gasteiger charge is 2.35. The third kappa shape index (κ3) is 3.43. The lowest BCUT2D eigenvalue weighted by atomic mass is 10.2. The van der Waals surface area contributed by atoms with Gasteiger partial charge in [0.25, 0.3) is 0 Å². The van der Waals surface area contributed by atoms with Crippen molar-refractivity contribution in [2.75, 3.05) is 16.8 Å². The minimum absolute atomic E-state index is 0.226. The molecule has 1 aromatic carbocycles. The lowest BCUT2D eigenvalue weighted by Gasteiger charge is -2.17. The summed E-state index contributed by atoms with van der Waals surface area (Å²) in [5.41, 5.74) is -0.418. The Morgan fingerprint density at radius 3 is 2.79 bits per heavy atom. The lowest BCUT2D eigenvalue weighted by Crippen LogP contribution is -2.34. The molecule has 0 spiro atoms. The zero-order valence-corrected chi connectivity index (χ0v) is 13.0. The Hall–Kier alpha value is -2.35. The number of benzene rings is 1. The average Bonchev–Trinajstić information content (AvgIpc) is 2.88. The molecule has 1 aromatic heterocycles. The number of hydrogen-bond acceptors (Lipinski definition) is 4. The minimum Gasteiger partial charge on any atom is -0.342 e. The van der Waals surface area contributed by atoms with Gasteiger partial charge in [-0.3, -0.25) is 4.79 Å². The van der Waals surface area contributed by atoms with E-state index in [-0.39, 0.29) is 11.9 Å². The Morgan fingerprint density at radius 2 is 2.08 bits per heavy atom. The molecule has 1 saturated heterocycles. The number of aromatic nitrogens is 2. The quantitative estimate of drug-likeness (QED) is 0.916. The van der Waals surface area contributed by atoms with Gasteiger partial charge in [0.05, 0.1) is 0 Å². The van der Waals surface area contributed by atoms with Crippen LogP contribution < -0.4 is 10.2 Å². The second-order valence-corrected chi connectivity index (χ2v) is 5.66. The monoisotopic (exact) mass is 356 g/mol. The predicted octanol–water partition coefficient (Wildman–Crippen LogP) is 3.37. The highest BCUT2D eigenvalue weighted by atomic mass is 35.5. The Labute approximate surface area is 140 Å². The van der Waals surface area contributed by atoms with Crippen LogP contribution in [0.1, 0.15) is 12.1 Å². The van der Waals surface area contributed by atoms with Gasteiger partial charge in [-0.1, -0.05) is 17.7 Å². The van der Waals surface area contributed by atoms with Crippen LogP contribution >= 0.6 is 11.6 Å². The first kappa shape index (κ1) is 16.5. The first-order valence-electron chi connectivity index (χ1n) is 7.08. The molecule has 1 fully saturated rings. The number of nitrogens with one attached hydrogen (secondary N) is 1. The fourth-order valence-electron chi connectivity index (χ4n) is 2.46. The second kappa shape index (κ2) is 6.27. The van der Waals surface area contributed by atoms with Gasteiger partial charge in [-0.25, -0.2) is 9.97 Å². The molecule has 0 bridgehead atoms. The van der Waals surface area contributed by atoms with Gasteiger partial charge in [0.2, 0.25) is 11.9 Å². The van der Waals surface area contributed by atoms with Crippen molar-refractivity contribution in [1.82, 2.24) is 9.97 Å². The molecule has 2 aromatic rings. The summed E-state index contributed by atoms with van der Waals surface area (Å²) >= 11 is 5.92. The van der Waals surface area contributed by atoms with Gasteiger partial charge in [-0.15, -0.1) is 0 Å². The van der Waals surface area contributed by atoms with Crippen LogP contribution in [0.15, 0.2) is 36.5 Å². The number of halogens is 4. The third-order valence-corrected chi connectivity index (χ3v) is 3.81. The van der Waals surface area contributed by atoms with Crippen LogP contribution in [0.2, 0.25) is 5.02 Å². The van der Waals surface area contributed by atoms with Crippen LogP contribution in [0.25, 0.3) is 0 Å². The lowest BCUT2D eigenvalue weighted by molar-refractivity contribution is -0.141. The van der Waals surface area contributed by atoms with Gasteiger partial charge in [0.1, 0.15) is 11.7 Å². The highest BCUT2D eigenvalue weighted by molar-refractivity contribution is 6.31. The third-order valence-electron chi connectivity index (χ3n) is 3.57. The van der Waals surface area contributed by atoms with E-state index in [4.69, 9.17) is 11.6 Å². The maximum Gasteiger partial charge on any atom is 0.433 e. The fourth-order valence-corrected chi connectivity index (χ4v) is 2.64. The number of anilines is 2. The molecule has 1 atom stereocenters. The van der Waals surface area contributed by atoms with Crippen molar-refractivity contribution in [3.05, 3.63) is 47.2 Å². The standard InChI is InChI=1S/C15H12ClF3N4O/c16-9-2-1-3-10(8-9)23-7-5-11(13(23)24)21-14-20-6-4-12(22-14)15(17,18)19/h1-4,6,8,11H,5,7H2,(H,20,21,22). The van der Waals surface area contributed by atoms with Crippen LogP contribution in [0.5, 0.6) is 0 Å². The first-order chi connectivity index (χ1) is 11.3. The molecule has 0 aliphatic carbocycles. The fraction of sp³-hybridized carbons (Fsp3) is 0.267. The minimum atomic E-state index is -4.56. The van der Waals surface area contributed by atoms with Crippen molar-refractivity contribution in [1.29, 1.82) is 0 Å². The summed E-state index contributed by atoms with van der Waals surface area (Å²) in [5, 5.41) is 3.17. The number of alkyl halides is 3. The number of carbonyl (C=O) groups is 1. The van der Waals surface area contributed by atoms with Crippen molar-refractivity contribution >= 4 is 29.1 Å². The van der Waals surface area contributed by atoms with E-state index < -0.39 is 17.9 Å². The molecular formula is C15H12ClF3N4O. The second-order valence-electron chi connectivity index (χ2n) is 5.22. The van der Waals surface area contributed by atoms with E-state index >= 15 is 0 Å². The molecule has 1 unspecified atom stereocenters. The largest absolute Gasteiger partial charge is 0.433 e. The van der Waals surface area contributed by atoms with Gasteiger partial charge in [-0.2, -0.15) is 13.2 Å². The summed E-state index contributed by atoms with van der Waals surface area (Å²) in [5.74, 6) is -0.491. The van der Waals surface area contributed by atoms with Gasteiger partial charge in [-0.05, 0) is 30.7 Å². The number of amides is 1. The van der Waals surface area contributed by atoms with Crippen molar-refractivity contribution < 1.29 is 18.0 Å². The molecule has 5 nitrogen and oxygen atoms in total. The highest BCUT2D eigenvalue weighted by Crippen LogP contribution is 2.28. The summed E-state index contributed by atoms with van der Waals surface area (Å²) in [6, 6.07) is 6.90. The van der Waals surface area contributed by atoms with Crippen LogP contribution in [0, 0.1) is 0 Å². The SMILES string of the molecule is O=C1C(Nc2nccc(C(F)(F)F)n2)CCN1c1cccc(Cl)c1. The van der Waals surface area contributed by atoms with E-state index in [1.54, 1.807) is 24.3 Å². The number of rotatable bonds is 3. The van der Waals surface area contributed by atoms with Crippen LogP contribution in [0.3, 0.4) is 0 Å². The zero-order valence-electron chi connectivity index (χ0n) is 12.2. The average molecular weight is 357 g/mol. The molecule has 0 saturated carbocycles. The van der Waals surface area contributed by atoms with E-state index in [0.29, 0.717) is 23.7 Å². The molecular weight excluding hydrogens is 345 g/mol. The molecule has 1 aliphatic rings. The molecule has 3 rings (SSSR count). The van der Waals surface area contributed by atoms with Crippen LogP contribution in [-0.2, 0) is 11.0 Å². The van der Waals surface area contributed by atoms with Crippen LogP contribution in [-0.4, -0.2) is 28.5 Å². The van der Waals surface area contributed by atoms with Gasteiger partial charge in [0.15, 0.2) is 0 Å². The Balaban J connectivity index is 1.75. The summed E-state index contributed by atoms with van der Waals surface area (Å²) in [6.45, 7) is 0.426. The predicted molar refractivity (Wildman–Crippen MR) is 82.9 cm³/mol. The maximum absolute atomic E-state index is 12.7. The van der Waals surface area contributed by atoms with Crippen molar-refractivity contribution in [2.24, 2.45) is 0 Å². The van der Waals surface area contributed by atoms with E-state index in [1.807, 2.05) is 0 Å². The summed E-state index contributed by atoms with van der Waals surface area (Å²) in [4.78, 5) is 21.1. The molecule has 1 amide bonds. The molecule has 0 radical (unpaired) electrons. The molecule has 1 aliphatic heterocycles.